The Kier molecular flexibility index (Phi) is 5.81. The fourth-order valence-corrected chi connectivity index (χ4v) is 9.75. The number of methoxy groups -OCH3 is 1. The van der Waals surface area contributed by atoms with E-state index in [4.69, 9.17) is 20.4 Å². The number of imidazole rings is 1. The lowest BCUT2D eigenvalue weighted by molar-refractivity contribution is 0.0700. The van der Waals surface area contributed by atoms with E-state index in [2.05, 4.69) is 21.3 Å². The van der Waals surface area contributed by atoms with Crippen LogP contribution in [0.3, 0.4) is 0 Å². The Morgan fingerprint density at radius 3 is 2.57 bits per heavy atom. The molecule has 1 aromatic carbocycles. The van der Waals surface area contributed by atoms with Crippen LogP contribution in [0.1, 0.15) is 54.9 Å². The molecule has 2 bridgehead atoms. The summed E-state index contributed by atoms with van der Waals surface area (Å²) in [4.78, 5) is 25.8. The van der Waals surface area contributed by atoms with E-state index in [1.54, 1.807) is 11.4 Å². The minimum Gasteiger partial charge on any atom is -0.494 e. The first-order valence-corrected chi connectivity index (χ1v) is 17.4. The first-order valence-electron chi connectivity index (χ1n) is 15.9. The maximum absolute atomic E-state index is 13.9. The summed E-state index contributed by atoms with van der Waals surface area (Å²) in [7, 11) is -1.66. The molecule has 2 unspecified atom stereocenters. The van der Waals surface area contributed by atoms with Gasteiger partial charge >= 0.3 is 0 Å². The highest BCUT2D eigenvalue weighted by atomic mass is 32.2. The van der Waals surface area contributed by atoms with Crippen LogP contribution in [0.5, 0.6) is 5.75 Å². The van der Waals surface area contributed by atoms with E-state index in [9.17, 15) is 13.2 Å². The van der Waals surface area contributed by atoms with Gasteiger partial charge in [0.2, 0.25) is 10.0 Å². The average Bonchev–Trinajstić information content (AvgIpc) is 3.91. The number of carbonyl (C=O) groups excluding carboxylic acids is 1. The number of amides is 1. The third-order valence-corrected chi connectivity index (χ3v) is 13.0. The van der Waals surface area contributed by atoms with Gasteiger partial charge in [0, 0.05) is 55.4 Å². The van der Waals surface area contributed by atoms with E-state index in [1.807, 2.05) is 29.3 Å². The summed E-state index contributed by atoms with van der Waals surface area (Å²) in [6.07, 6.45) is 7.71. The fourth-order valence-electron chi connectivity index (χ4n) is 7.84. The van der Waals surface area contributed by atoms with E-state index in [1.165, 1.54) is 12.8 Å². The molecule has 5 aliphatic rings. The lowest BCUT2D eigenvalue weighted by atomic mass is 10.1. The van der Waals surface area contributed by atoms with Crippen molar-refractivity contribution in [2.45, 2.75) is 68.4 Å². The van der Waals surface area contributed by atoms with Crippen molar-refractivity contribution < 1.29 is 17.9 Å². The summed E-state index contributed by atoms with van der Waals surface area (Å²) in [5.74, 6) is 2.23. The van der Waals surface area contributed by atoms with E-state index in [-0.39, 0.29) is 29.3 Å². The van der Waals surface area contributed by atoms with Crippen LogP contribution < -0.4 is 10.5 Å². The molecule has 3 saturated carbocycles. The van der Waals surface area contributed by atoms with Crippen molar-refractivity contribution in [3.63, 3.8) is 0 Å². The zero-order chi connectivity index (χ0) is 29.9. The topological polar surface area (TPSA) is 129 Å². The van der Waals surface area contributed by atoms with Crippen LogP contribution in [-0.2, 0) is 16.6 Å². The van der Waals surface area contributed by atoms with E-state index < -0.39 is 10.0 Å². The summed E-state index contributed by atoms with van der Waals surface area (Å²) in [5.41, 5.74) is 10.3. The molecule has 2 aliphatic heterocycles. The van der Waals surface area contributed by atoms with Crippen molar-refractivity contribution in [3.05, 3.63) is 42.1 Å². The molecular formula is C32H37N7O4S. The number of carbonyl (C=O) groups is 1. The standard InChI is InChI=1S/C32H37N7O4S/c1-43-27-13-21(32(40)38-15-20-6-9-25(38)28(20)33)11-24-29(27)39(22-16-36(17-22)44(41,42)23-7-8-23)31(35-24)26-12-19-3-2-10-34-30(19)37(26)14-18-4-5-18/h2-3,10-13,18,20,22-23,25,28H,4-9,14-17,33H2,1H3/t20?,25?,28-/m1/s1. The average molecular weight is 616 g/mol. The molecule has 5 fully saturated rings. The summed E-state index contributed by atoms with van der Waals surface area (Å²) in [5, 5.41) is 0.795. The van der Waals surface area contributed by atoms with Crippen molar-refractivity contribution in [1.82, 2.24) is 28.3 Å². The molecule has 0 spiro atoms. The normalized spacial score (nSPS) is 25.8. The van der Waals surface area contributed by atoms with Crippen LogP contribution in [0.15, 0.2) is 36.5 Å². The molecule has 3 aliphatic carbocycles. The van der Waals surface area contributed by atoms with Gasteiger partial charge in [-0.25, -0.2) is 18.4 Å². The Bertz CT molecular complexity index is 1940. The van der Waals surface area contributed by atoms with Gasteiger partial charge in [0.25, 0.3) is 5.91 Å². The van der Waals surface area contributed by atoms with Gasteiger partial charge < -0.3 is 24.5 Å². The predicted octanol–water partition coefficient (Wildman–Crippen LogP) is 3.38. The Morgan fingerprint density at radius 2 is 1.89 bits per heavy atom. The number of pyridine rings is 1. The van der Waals surface area contributed by atoms with Gasteiger partial charge in [0.15, 0.2) is 5.82 Å². The Balaban J connectivity index is 1.19. The van der Waals surface area contributed by atoms with Crippen LogP contribution in [0.2, 0.25) is 0 Å². The number of aromatic nitrogens is 4. The van der Waals surface area contributed by atoms with Crippen LogP contribution in [-0.4, -0.2) is 86.7 Å². The lowest BCUT2D eigenvalue weighted by Crippen LogP contribution is -2.51. The molecule has 5 heterocycles. The number of ether oxygens (including phenoxy) is 1. The second-order valence-electron chi connectivity index (χ2n) is 13.5. The van der Waals surface area contributed by atoms with Gasteiger partial charge in [-0.05, 0) is 80.7 Å². The van der Waals surface area contributed by atoms with E-state index in [0.717, 1.165) is 60.3 Å². The SMILES string of the molecule is COc1cc(C(=O)N2CC3CCC2[C@@H]3N)cc2nc(-c3cc4cccnc4n3CC3CC3)n(C3CN(S(=O)(=O)C4CC4)C3)c12. The number of benzene rings is 1. The van der Waals surface area contributed by atoms with Crippen molar-refractivity contribution in [3.8, 4) is 17.3 Å². The fraction of sp³-hybridized carbons (Fsp3) is 0.531. The maximum Gasteiger partial charge on any atom is 0.254 e. The highest BCUT2D eigenvalue weighted by Gasteiger charge is 2.48. The van der Waals surface area contributed by atoms with Crippen LogP contribution in [0.4, 0.5) is 0 Å². The van der Waals surface area contributed by atoms with Gasteiger partial charge in [-0.3, -0.25) is 4.79 Å². The van der Waals surface area contributed by atoms with Crippen LogP contribution >= 0.6 is 0 Å². The number of piperidine rings is 1. The summed E-state index contributed by atoms with van der Waals surface area (Å²) in [6.45, 7) is 2.31. The van der Waals surface area contributed by atoms with Gasteiger partial charge in [-0.1, -0.05) is 0 Å². The number of sulfonamides is 1. The molecule has 12 heteroatoms. The number of nitrogens with zero attached hydrogens (tertiary/aromatic N) is 6. The Labute approximate surface area is 256 Å². The Morgan fingerprint density at radius 1 is 1.07 bits per heavy atom. The third kappa shape index (κ3) is 3.99. The zero-order valence-electron chi connectivity index (χ0n) is 24.8. The van der Waals surface area contributed by atoms with Crippen molar-refractivity contribution in [2.75, 3.05) is 26.7 Å². The largest absolute Gasteiger partial charge is 0.494 e. The van der Waals surface area contributed by atoms with Crippen molar-refractivity contribution in [2.24, 2.45) is 17.6 Å². The maximum atomic E-state index is 13.9. The van der Waals surface area contributed by atoms with Crippen molar-refractivity contribution >= 4 is 38.0 Å². The number of hydrogen-bond donors (Lipinski definition) is 1. The second kappa shape index (κ2) is 9.51. The van der Waals surface area contributed by atoms with Gasteiger partial charge in [0.05, 0.1) is 29.6 Å². The zero-order valence-corrected chi connectivity index (χ0v) is 25.6. The molecule has 4 aromatic rings. The molecule has 1 amide bonds. The van der Waals surface area contributed by atoms with Crippen LogP contribution in [0, 0.1) is 11.8 Å². The third-order valence-electron chi connectivity index (χ3n) is 10.7. The number of nitrogens with two attached hydrogens (primary N) is 1. The summed E-state index contributed by atoms with van der Waals surface area (Å²) >= 11 is 0. The van der Waals surface area contributed by atoms with E-state index in [0.29, 0.717) is 48.3 Å². The number of fused-ring (bicyclic) bond motifs is 4. The molecule has 3 aromatic heterocycles. The first-order chi connectivity index (χ1) is 21.3. The second-order valence-corrected chi connectivity index (χ2v) is 15.7. The molecule has 2 saturated heterocycles. The predicted molar refractivity (Wildman–Crippen MR) is 166 cm³/mol. The monoisotopic (exact) mass is 615 g/mol. The number of rotatable bonds is 8. The molecule has 9 rings (SSSR count). The van der Waals surface area contributed by atoms with Gasteiger partial charge in [0.1, 0.15) is 16.9 Å². The molecule has 0 radical (unpaired) electrons. The molecule has 2 N–H and O–H groups in total. The van der Waals surface area contributed by atoms with Gasteiger partial charge in [-0.2, -0.15) is 4.31 Å². The molecule has 230 valence electrons. The smallest absolute Gasteiger partial charge is 0.254 e. The highest BCUT2D eigenvalue weighted by Crippen LogP contribution is 2.43. The summed E-state index contributed by atoms with van der Waals surface area (Å²) in [6, 6.07) is 9.84. The van der Waals surface area contributed by atoms with Crippen LogP contribution in [0.25, 0.3) is 33.6 Å². The Hall–Kier alpha value is -3.48. The quantitative estimate of drug-likeness (QED) is 0.322. The first kappa shape index (κ1) is 26.9. The molecule has 11 nitrogen and oxygen atoms in total. The minimum absolute atomic E-state index is 0.0332. The number of hydrogen-bond acceptors (Lipinski definition) is 7. The highest BCUT2D eigenvalue weighted by molar-refractivity contribution is 7.90. The van der Waals surface area contributed by atoms with Gasteiger partial charge in [-0.15, -0.1) is 0 Å². The molecule has 44 heavy (non-hydrogen) atoms. The molecular weight excluding hydrogens is 578 g/mol. The van der Waals surface area contributed by atoms with E-state index >= 15 is 0 Å². The molecule has 3 atom stereocenters. The lowest BCUT2D eigenvalue weighted by Gasteiger charge is -2.40. The minimum atomic E-state index is -3.28. The van der Waals surface area contributed by atoms with Crippen molar-refractivity contribution in [1.29, 1.82) is 0 Å². The summed E-state index contributed by atoms with van der Waals surface area (Å²) < 4.78 is 38.1. The number of likely N-dealkylation sites (tertiary alicyclic amines) is 1.